The van der Waals surface area contributed by atoms with E-state index in [2.05, 4.69) is 15.5 Å². The van der Waals surface area contributed by atoms with Gasteiger partial charge in [0.2, 0.25) is 17.7 Å². The van der Waals surface area contributed by atoms with Crippen molar-refractivity contribution in [1.82, 2.24) is 15.5 Å². The van der Waals surface area contributed by atoms with Crippen LogP contribution in [0.3, 0.4) is 0 Å². The summed E-state index contributed by atoms with van der Waals surface area (Å²) in [7, 11) is 0. The summed E-state index contributed by atoms with van der Waals surface area (Å²) in [6, 6.07) is 7.72. The molecular formula is C17H21N3O3. The van der Waals surface area contributed by atoms with E-state index >= 15 is 0 Å². The molecule has 1 aliphatic rings. The fourth-order valence-electron chi connectivity index (χ4n) is 2.28. The van der Waals surface area contributed by atoms with Gasteiger partial charge in [0.05, 0.1) is 6.61 Å². The Kier molecular flexibility index (Phi) is 4.90. The maximum Gasteiger partial charge on any atom is 0.220 e. The highest BCUT2D eigenvalue weighted by Gasteiger charge is 2.29. The fourth-order valence-corrected chi connectivity index (χ4v) is 2.28. The van der Waals surface area contributed by atoms with Crippen LogP contribution in [0.4, 0.5) is 0 Å². The molecule has 23 heavy (non-hydrogen) atoms. The highest BCUT2D eigenvalue weighted by molar-refractivity contribution is 5.76. The van der Waals surface area contributed by atoms with Crippen molar-refractivity contribution in [3.8, 4) is 5.75 Å². The van der Waals surface area contributed by atoms with Crippen LogP contribution in [0.25, 0.3) is 0 Å². The Morgan fingerprint density at radius 3 is 3.04 bits per heavy atom. The molecule has 6 nitrogen and oxygen atoms in total. The molecule has 6 heteroatoms. The van der Waals surface area contributed by atoms with Crippen LogP contribution in [0.15, 0.2) is 28.7 Å². The second kappa shape index (κ2) is 7.26. The average molecular weight is 315 g/mol. The van der Waals surface area contributed by atoms with Crippen LogP contribution < -0.4 is 10.1 Å². The minimum absolute atomic E-state index is 0.0296. The van der Waals surface area contributed by atoms with Crippen molar-refractivity contribution in [1.29, 1.82) is 0 Å². The maximum atomic E-state index is 11.9. The third-order valence-electron chi connectivity index (χ3n) is 3.67. The number of nitrogens with one attached hydrogen (secondary N) is 1. The minimum atomic E-state index is -0.0296. The van der Waals surface area contributed by atoms with Crippen LogP contribution >= 0.6 is 0 Å². The zero-order valence-electron chi connectivity index (χ0n) is 13.2. The summed E-state index contributed by atoms with van der Waals surface area (Å²) in [4.78, 5) is 11.9. The largest absolute Gasteiger partial charge is 0.494 e. The Hall–Kier alpha value is -2.37. The normalized spacial score (nSPS) is 13.8. The predicted octanol–water partition coefficient (Wildman–Crippen LogP) is 2.59. The predicted molar refractivity (Wildman–Crippen MR) is 84.1 cm³/mol. The molecule has 3 rings (SSSR count). The number of nitrogens with zero attached hydrogens (tertiary/aromatic N) is 2. The molecule has 0 aliphatic heterocycles. The van der Waals surface area contributed by atoms with E-state index in [0.717, 1.165) is 24.2 Å². The van der Waals surface area contributed by atoms with Crippen LogP contribution in [0.5, 0.6) is 5.75 Å². The van der Waals surface area contributed by atoms with Gasteiger partial charge in [-0.25, -0.2) is 0 Å². The number of ether oxygens (including phenoxy) is 1. The molecule has 0 saturated heterocycles. The van der Waals surface area contributed by atoms with Gasteiger partial charge in [-0.3, -0.25) is 4.79 Å². The summed E-state index contributed by atoms with van der Waals surface area (Å²) in [5.41, 5.74) is 1.01. The molecular weight excluding hydrogens is 294 g/mol. The Balaban J connectivity index is 1.42. The zero-order valence-corrected chi connectivity index (χ0v) is 13.2. The van der Waals surface area contributed by atoms with Gasteiger partial charge >= 0.3 is 0 Å². The van der Waals surface area contributed by atoms with Crippen LogP contribution in [0.2, 0.25) is 0 Å². The van der Waals surface area contributed by atoms with Crippen molar-refractivity contribution in [2.45, 2.75) is 45.1 Å². The molecule has 0 radical (unpaired) electrons. The molecule has 0 spiro atoms. The van der Waals surface area contributed by atoms with E-state index in [0.29, 0.717) is 43.7 Å². The van der Waals surface area contributed by atoms with Crippen molar-refractivity contribution in [2.24, 2.45) is 0 Å². The Morgan fingerprint density at radius 1 is 1.39 bits per heavy atom. The summed E-state index contributed by atoms with van der Waals surface area (Å²) in [6.45, 7) is 3.06. The molecule has 1 amide bonds. The lowest BCUT2D eigenvalue weighted by atomic mass is 10.2. The second-order valence-electron chi connectivity index (χ2n) is 5.67. The first-order chi connectivity index (χ1) is 11.2. The van der Waals surface area contributed by atoms with Gasteiger partial charge in [0.25, 0.3) is 0 Å². The third-order valence-corrected chi connectivity index (χ3v) is 3.67. The van der Waals surface area contributed by atoms with Gasteiger partial charge in [-0.15, -0.1) is 10.2 Å². The first-order valence-electron chi connectivity index (χ1n) is 8.05. The number of hydrogen-bond acceptors (Lipinski definition) is 5. The highest BCUT2D eigenvalue weighted by atomic mass is 16.5. The molecule has 1 heterocycles. The van der Waals surface area contributed by atoms with Gasteiger partial charge in [-0.05, 0) is 37.5 Å². The molecule has 1 fully saturated rings. The average Bonchev–Trinajstić information content (AvgIpc) is 3.30. The molecule has 1 saturated carbocycles. The summed E-state index contributed by atoms with van der Waals surface area (Å²) in [5, 5.41) is 10.9. The number of carbonyl (C=O) groups is 1. The quantitative estimate of drug-likeness (QED) is 0.810. The van der Waals surface area contributed by atoms with Gasteiger partial charge in [0, 0.05) is 25.3 Å². The molecule has 0 atom stereocenters. The number of aryl methyl sites for hydroxylation is 1. The number of aromatic nitrogens is 2. The lowest BCUT2D eigenvalue weighted by Crippen LogP contribution is -2.23. The monoisotopic (exact) mass is 315 g/mol. The number of carbonyl (C=O) groups excluding carboxylic acids is 1. The molecule has 1 aromatic heterocycles. The molecule has 0 bridgehead atoms. The van der Waals surface area contributed by atoms with Gasteiger partial charge in [0.1, 0.15) is 5.75 Å². The van der Waals surface area contributed by atoms with Crippen LogP contribution in [-0.2, 0) is 17.8 Å². The molecule has 1 N–H and O–H groups in total. The highest BCUT2D eigenvalue weighted by Crippen LogP contribution is 2.39. The van der Waals surface area contributed by atoms with E-state index in [1.807, 2.05) is 31.2 Å². The topological polar surface area (TPSA) is 77.2 Å². The fraction of sp³-hybridized carbons (Fsp3) is 0.471. The van der Waals surface area contributed by atoms with E-state index in [9.17, 15) is 4.79 Å². The minimum Gasteiger partial charge on any atom is -0.494 e. The zero-order chi connectivity index (χ0) is 16.1. The van der Waals surface area contributed by atoms with Gasteiger partial charge in [0.15, 0.2) is 0 Å². The Bertz CT molecular complexity index is 665. The van der Waals surface area contributed by atoms with E-state index in [4.69, 9.17) is 9.15 Å². The molecule has 1 aliphatic carbocycles. The Labute approximate surface area is 135 Å². The molecule has 2 aromatic rings. The Morgan fingerprint density at radius 2 is 2.26 bits per heavy atom. The van der Waals surface area contributed by atoms with E-state index < -0.39 is 0 Å². The third kappa shape index (κ3) is 4.55. The van der Waals surface area contributed by atoms with Crippen molar-refractivity contribution in [3.63, 3.8) is 0 Å². The second-order valence-corrected chi connectivity index (χ2v) is 5.67. The molecule has 0 unspecified atom stereocenters. The SMILES string of the molecule is CCOc1cccc(CNC(=O)CCc2nnc(C3CC3)o2)c1. The maximum absolute atomic E-state index is 11.9. The van der Waals surface area contributed by atoms with Crippen molar-refractivity contribution in [3.05, 3.63) is 41.6 Å². The number of amides is 1. The first-order valence-corrected chi connectivity index (χ1v) is 8.05. The standard InChI is InChI=1S/C17H21N3O3/c1-2-22-14-5-3-4-12(10-14)11-18-15(21)8-9-16-19-20-17(23-16)13-6-7-13/h3-5,10,13H,2,6-9,11H2,1H3,(H,18,21). The molecule has 122 valence electrons. The summed E-state index contributed by atoms with van der Waals surface area (Å²) < 4.78 is 11.0. The van der Waals surface area contributed by atoms with Crippen molar-refractivity contribution >= 4 is 5.91 Å². The van der Waals surface area contributed by atoms with Gasteiger partial charge < -0.3 is 14.5 Å². The lowest BCUT2D eigenvalue weighted by Gasteiger charge is -2.07. The summed E-state index contributed by atoms with van der Waals surface area (Å²) >= 11 is 0. The summed E-state index contributed by atoms with van der Waals surface area (Å²) in [5.74, 6) is 2.49. The lowest BCUT2D eigenvalue weighted by molar-refractivity contribution is -0.121. The number of hydrogen-bond donors (Lipinski definition) is 1. The van der Waals surface area contributed by atoms with Crippen LogP contribution in [0.1, 0.15) is 49.4 Å². The van der Waals surface area contributed by atoms with Crippen LogP contribution in [-0.4, -0.2) is 22.7 Å². The van der Waals surface area contributed by atoms with E-state index in [-0.39, 0.29) is 5.91 Å². The summed E-state index contributed by atoms with van der Waals surface area (Å²) in [6.07, 6.45) is 3.08. The number of benzene rings is 1. The van der Waals surface area contributed by atoms with Crippen molar-refractivity contribution < 1.29 is 13.9 Å². The number of rotatable bonds is 8. The van der Waals surface area contributed by atoms with Crippen LogP contribution in [0, 0.1) is 0 Å². The molecule has 1 aromatic carbocycles. The van der Waals surface area contributed by atoms with E-state index in [1.54, 1.807) is 0 Å². The smallest absolute Gasteiger partial charge is 0.220 e. The van der Waals surface area contributed by atoms with Gasteiger partial charge in [-0.2, -0.15) is 0 Å². The van der Waals surface area contributed by atoms with Crippen molar-refractivity contribution in [2.75, 3.05) is 6.61 Å². The van der Waals surface area contributed by atoms with E-state index in [1.165, 1.54) is 0 Å². The first kappa shape index (κ1) is 15.5. The van der Waals surface area contributed by atoms with Gasteiger partial charge in [-0.1, -0.05) is 12.1 Å².